The predicted molar refractivity (Wildman–Crippen MR) is 250 cm³/mol. The Kier molecular flexibility index (Phi) is 12.5. The number of fused-ring (bicyclic) bond motifs is 5. The third-order valence-corrected chi connectivity index (χ3v) is 13.6. The van der Waals surface area contributed by atoms with E-state index in [2.05, 4.69) is 14.9 Å². The van der Waals surface area contributed by atoms with Crippen LogP contribution in [0.3, 0.4) is 0 Å². The molecular formula is C51H58F5N7O6. The first-order chi connectivity index (χ1) is 32.7. The molecule has 0 spiro atoms. The first-order valence-corrected chi connectivity index (χ1v) is 23.2. The van der Waals surface area contributed by atoms with Gasteiger partial charge in [-0.1, -0.05) is 24.3 Å². The molecule has 1 amide bonds. The van der Waals surface area contributed by atoms with Crippen molar-refractivity contribution in [3.63, 3.8) is 0 Å². The number of carbonyl (C=O) groups excluding carboxylic acids is 1. The fraction of sp³-hybridized carbons (Fsp3) is 0.490. The van der Waals surface area contributed by atoms with E-state index < -0.39 is 70.1 Å². The highest BCUT2D eigenvalue weighted by Crippen LogP contribution is 2.50. The van der Waals surface area contributed by atoms with Crippen LogP contribution in [-0.4, -0.2) is 109 Å². The summed E-state index contributed by atoms with van der Waals surface area (Å²) in [5.74, 6) is -1.14. The van der Waals surface area contributed by atoms with Gasteiger partial charge in [0.2, 0.25) is 5.88 Å². The lowest BCUT2D eigenvalue weighted by Crippen LogP contribution is -2.65. The van der Waals surface area contributed by atoms with Gasteiger partial charge in [-0.3, -0.25) is 4.90 Å². The van der Waals surface area contributed by atoms with E-state index in [9.17, 15) is 4.79 Å². The van der Waals surface area contributed by atoms with E-state index in [1.54, 1.807) is 86.0 Å². The summed E-state index contributed by atoms with van der Waals surface area (Å²) in [5.41, 5.74) is -3.73. The van der Waals surface area contributed by atoms with Crippen molar-refractivity contribution in [3.05, 3.63) is 88.5 Å². The molecule has 1 aliphatic carbocycles. The summed E-state index contributed by atoms with van der Waals surface area (Å²) in [6.07, 6.45) is -3.36. The summed E-state index contributed by atoms with van der Waals surface area (Å²) in [7, 11) is 6.99. The second kappa shape index (κ2) is 18.0. The third-order valence-electron chi connectivity index (χ3n) is 13.6. The Balaban J connectivity index is 1.22. The first kappa shape index (κ1) is 47.9. The van der Waals surface area contributed by atoms with Crippen molar-refractivity contribution in [3.8, 4) is 34.6 Å². The number of hydrogen-bond donors (Lipinski definition) is 0. The van der Waals surface area contributed by atoms with Crippen molar-refractivity contribution >= 4 is 28.5 Å². The van der Waals surface area contributed by atoms with E-state index in [1.807, 2.05) is 19.0 Å². The summed E-state index contributed by atoms with van der Waals surface area (Å²) in [4.78, 5) is 35.3. The molecule has 13 nitrogen and oxygen atoms in total. The first-order valence-electron chi connectivity index (χ1n) is 23.2. The average molecular weight is 960 g/mol. The molecule has 18 heteroatoms. The summed E-state index contributed by atoms with van der Waals surface area (Å²) >= 11 is 0. The van der Waals surface area contributed by atoms with Crippen molar-refractivity contribution in [2.45, 2.75) is 109 Å². The molecule has 0 radical (unpaired) electrons. The number of aromatic nitrogens is 3. The molecule has 2 aromatic heterocycles. The number of piperazine rings is 1. The van der Waals surface area contributed by atoms with Crippen LogP contribution in [0.4, 0.5) is 38.3 Å². The second-order valence-electron chi connectivity index (χ2n) is 20.1. The number of alkyl halides is 3. The number of methoxy groups -OCH3 is 2. The second-order valence-corrected chi connectivity index (χ2v) is 20.1. The van der Waals surface area contributed by atoms with Crippen LogP contribution >= 0.6 is 0 Å². The van der Waals surface area contributed by atoms with E-state index in [0.717, 1.165) is 32.4 Å². The Hall–Kier alpha value is -6.17. The molecule has 4 atom stereocenters. The molecule has 5 heterocycles. The van der Waals surface area contributed by atoms with Gasteiger partial charge in [0, 0.05) is 37.2 Å². The number of rotatable bonds is 13. The molecule has 3 fully saturated rings. The van der Waals surface area contributed by atoms with Crippen molar-refractivity contribution in [1.82, 2.24) is 24.8 Å². The zero-order chi connectivity index (χ0) is 49.3. The molecule has 0 unspecified atom stereocenters. The Morgan fingerprint density at radius 2 is 1.52 bits per heavy atom. The average Bonchev–Trinajstić information content (AvgIpc) is 4.00. The molecule has 3 aliphatic heterocycles. The number of amides is 1. The van der Waals surface area contributed by atoms with Gasteiger partial charge in [-0.15, -0.1) is 0 Å². The number of benzene rings is 3. The van der Waals surface area contributed by atoms with E-state index in [-0.39, 0.29) is 72.0 Å². The lowest BCUT2D eigenvalue weighted by Gasteiger charge is -2.48. The highest BCUT2D eigenvalue weighted by Gasteiger charge is 2.54. The van der Waals surface area contributed by atoms with Crippen molar-refractivity contribution in [2.24, 2.45) is 5.41 Å². The highest BCUT2D eigenvalue weighted by atomic mass is 19.4. The zero-order valence-corrected chi connectivity index (χ0v) is 40.3. The van der Waals surface area contributed by atoms with Crippen LogP contribution in [0.5, 0.6) is 23.4 Å². The van der Waals surface area contributed by atoms with Gasteiger partial charge in [-0.2, -0.15) is 23.1 Å². The van der Waals surface area contributed by atoms with Crippen molar-refractivity contribution < 1.29 is 50.4 Å². The number of carbonyl (C=O) groups is 1. The number of nitrogens with zero attached hydrogens (tertiary/aromatic N) is 7. The zero-order valence-electron chi connectivity index (χ0n) is 40.3. The van der Waals surface area contributed by atoms with Crippen LogP contribution in [0.25, 0.3) is 22.2 Å². The SMILES string of the molecule is COc1ccc(CN(Cc2ccc(OC)cc2)c2cc(-c3nc4c5c(nc(OCC6(CN(C)C)CC6)nc5c3F)N3C[C@H]5CC[C@@H]([C@H]3[C@H](C)O4)N5C(=O)OC(C)(C)C)c(C(F)(F)F)c(C)c2F)cc1. The number of anilines is 2. The maximum absolute atomic E-state index is 18.0. The molecular weight excluding hydrogens is 902 g/mol. The van der Waals surface area contributed by atoms with E-state index in [1.165, 1.54) is 14.2 Å². The van der Waals surface area contributed by atoms with Crippen LogP contribution in [0.2, 0.25) is 0 Å². The van der Waals surface area contributed by atoms with Crippen LogP contribution in [-0.2, 0) is 24.0 Å². The van der Waals surface area contributed by atoms with Crippen molar-refractivity contribution in [1.29, 1.82) is 0 Å². The topological polar surface area (TPSA) is 115 Å². The minimum Gasteiger partial charge on any atom is -0.497 e. The van der Waals surface area contributed by atoms with Gasteiger partial charge in [0.05, 0.1) is 50.2 Å². The number of hydrogen-bond acceptors (Lipinski definition) is 12. The molecule has 0 N–H and O–H groups in total. The molecule has 2 bridgehead atoms. The van der Waals surface area contributed by atoms with Gasteiger partial charge in [-0.05, 0) is 121 Å². The quantitative estimate of drug-likeness (QED) is 0.105. The van der Waals surface area contributed by atoms with E-state index >= 15 is 22.0 Å². The lowest BCUT2D eigenvalue weighted by atomic mass is 9.95. The van der Waals surface area contributed by atoms with Crippen LogP contribution in [0, 0.1) is 24.0 Å². The third kappa shape index (κ3) is 9.35. The van der Waals surface area contributed by atoms with E-state index in [0.29, 0.717) is 35.5 Å². The smallest absolute Gasteiger partial charge is 0.417 e. The van der Waals surface area contributed by atoms with E-state index in [4.69, 9.17) is 28.7 Å². The van der Waals surface area contributed by atoms with Crippen molar-refractivity contribution in [2.75, 3.05) is 57.8 Å². The Morgan fingerprint density at radius 3 is 2.07 bits per heavy atom. The van der Waals surface area contributed by atoms with Gasteiger partial charge in [0.25, 0.3) is 0 Å². The molecule has 3 aromatic carbocycles. The molecule has 4 aliphatic rings. The molecule has 9 rings (SSSR count). The van der Waals surface area contributed by atoms with Crippen LogP contribution in [0.1, 0.15) is 75.6 Å². The fourth-order valence-corrected chi connectivity index (χ4v) is 10.4. The molecule has 2 saturated heterocycles. The normalized spacial score (nSPS) is 20.3. The van der Waals surface area contributed by atoms with Gasteiger partial charge in [0.15, 0.2) is 5.82 Å². The van der Waals surface area contributed by atoms with Crippen LogP contribution in [0.15, 0.2) is 54.6 Å². The Morgan fingerprint density at radius 1 is 0.899 bits per heavy atom. The molecule has 5 aromatic rings. The summed E-state index contributed by atoms with van der Waals surface area (Å²) in [6.45, 7) is 9.52. The minimum atomic E-state index is -5.16. The van der Waals surface area contributed by atoms with Gasteiger partial charge < -0.3 is 38.4 Å². The van der Waals surface area contributed by atoms with Crippen LogP contribution < -0.4 is 28.7 Å². The minimum absolute atomic E-state index is 0.0446. The molecule has 368 valence electrons. The Labute approximate surface area is 398 Å². The number of ether oxygens (including phenoxy) is 5. The standard InChI is InChI=1S/C51H58F5N7O6/c1-28-39(51(54,55)56)35(22-37(40(28)52)61(23-30-10-15-33(65-8)16-11-30)24-31-12-17-34(66-9)18-13-31)42-41(53)43-38-45(59-47(58-43)67-27-50(20-21-50)26-60(6)7)62-25-32-14-19-36(44(62)29(2)68-46(38)57-42)63(32)48(64)69-49(3,4)5/h10-13,15-18,22,29,32,36,44H,14,19-21,23-27H2,1-9H3/t29-,32+,36-,44+/m0/s1. The largest absolute Gasteiger partial charge is 0.497 e. The lowest BCUT2D eigenvalue weighted by molar-refractivity contribution is -0.137. The summed E-state index contributed by atoms with van der Waals surface area (Å²) in [6, 6.07) is 13.6. The number of pyridine rings is 1. The fourth-order valence-electron chi connectivity index (χ4n) is 10.4. The molecule has 1 saturated carbocycles. The summed E-state index contributed by atoms with van der Waals surface area (Å²) < 4.78 is 111. The molecule has 69 heavy (non-hydrogen) atoms. The number of halogens is 5. The van der Waals surface area contributed by atoms with Gasteiger partial charge in [0.1, 0.15) is 51.4 Å². The van der Waals surface area contributed by atoms with Gasteiger partial charge >= 0.3 is 18.3 Å². The Bertz CT molecular complexity index is 2700. The maximum atomic E-state index is 18.0. The maximum Gasteiger partial charge on any atom is 0.417 e. The monoisotopic (exact) mass is 959 g/mol. The summed E-state index contributed by atoms with van der Waals surface area (Å²) in [5, 5.41) is 0.0470. The van der Waals surface area contributed by atoms with Gasteiger partial charge in [-0.25, -0.2) is 18.6 Å². The highest BCUT2D eigenvalue weighted by molar-refractivity contribution is 5.98. The predicted octanol–water partition coefficient (Wildman–Crippen LogP) is 9.98.